The third-order valence-electron chi connectivity index (χ3n) is 2.38. The number of rotatable bonds is 1. The molecule has 1 heteroatoms. The van der Waals surface area contributed by atoms with E-state index in [1.807, 2.05) is 0 Å². The average molecular weight is 110 g/mol. The van der Waals surface area contributed by atoms with E-state index in [0.717, 1.165) is 11.8 Å². The Labute approximate surface area is 49.0 Å². The van der Waals surface area contributed by atoms with Crippen LogP contribution in [-0.4, -0.2) is 11.7 Å². The van der Waals surface area contributed by atoms with Gasteiger partial charge in [-0.2, -0.15) is 0 Å². The summed E-state index contributed by atoms with van der Waals surface area (Å²) in [5, 5.41) is 8.68. The number of aliphatic hydroxyl groups excluding tert-OH is 1. The molecule has 1 N–H and O–H groups in total. The van der Waals surface area contributed by atoms with Gasteiger partial charge in [0.2, 0.25) is 0 Å². The lowest BCUT2D eigenvalue weighted by atomic mass is 10.2. The van der Waals surface area contributed by atoms with Crippen LogP contribution in [0.3, 0.4) is 0 Å². The van der Waals surface area contributed by atoms with Crippen LogP contribution in [0.4, 0.5) is 0 Å². The van der Waals surface area contributed by atoms with Crippen LogP contribution in [0, 0.1) is 17.8 Å². The van der Waals surface area contributed by atoms with E-state index in [0.29, 0.717) is 12.5 Å². The fraction of sp³-hybridized carbons (Fsp3) is 0.714. The van der Waals surface area contributed by atoms with Gasteiger partial charge in [0.15, 0.2) is 0 Å². The van der Waals surface area contributed by atoms with Gasteiger partial charge in [-0.1, -0.05) is 12.2 Å². The van der Waals surface area contributed by atoms with Crippen LogP contribution in [-0.2, 0) is 0 Å². The monoisotopic (exact) mass is 110 g/mol. The highest BCUT2D eigenvalue weighted by Crippen LogP contribution is 2.53. The standard InChI is InChI=1S/C7H10O/c8-4-7-5-2-1-3-6(5)7/h1-2,5-8H,3-4H2/t5-,6+,7+/m0/s1. The number of hydrogen-bond acceptors (Lipinski definition) is 1. The Hall–Kier alpha value is -0.300. The van der Waals surface area contributed by atoms with Crippen LogP contribution in [0.15, 0.2) is 12.2 Å². The van der Waals surface area contributed by atoms with Gasteiger partial charge in [0.25, 0.3) is 0 Å². The molecular formula is C7H10O. The predicted molar refractivity (Wildman–Crippen MR) is 31.3 cm³/mol. The summed E-state index contributed by atoms with van der Waals surface area (Å²) in [6.07, 6.45) is 5.68. The molecule has 0 aromatic rings. The van der Waals surface area contributed by atoms with E-state index in [1.165, 1.54) is 6.42 Å². The van der Waals surface area contributed by atoms with Gasteiger partial charge < -0.3 is 5.11 Å². The molecule has 3 atom stereocenters. The summed E-state index contributed by atoms with van der Waals surface area (Å²) in [5.74, 6) is 2.24. The maximum Gasteiger partial charge on any atom is 0.0467 e. The van der Waals surface area contributed by atoms with Crippen LogP contribution in [0.1, 0.15) is 6.42 Å². The molecule has 2 aliphatic rings. The molecule has 0 spiro atoms. The molecule has 2 aliphatic carbocycles. The lowest BCUT2D eigenvalue weighted by Gasteiger charge is -1.88. The van der Waals surface area contributed by atoms with Gasteiger partial charge in [-0.15, -0.1) is 0 Å². The Morgan fingerprint density at radius 2 is 2.50 bits per heavy atom. The van der Waals surface area contributed by atoms with Crippen molar-refractivity contribution in [2.75, 3.05) is 6.61 Å². The van der Waals surface area contributed by atoms with E-state index in [9.17, 15) is 0 Å². The van der Waals surface area contributed by atoms with Gasteiger partial charge in [0.05, 0.1) is 0 Å². The van der Waals surface area contributed by atoms with Gasteiger partial charge in [-0.25, -0.2) is 0 Å². The van der Waals surface area contributed by atoms with E-state index in [4.69, 9.17) is 5.11 Å². The van der Waals surface area contributed by atoms with Crippen molar-refractivity contribution < 1.29 is 5.11 Å². The smallest absolute Gasteiger partial charge is 0.0467 e. The molecule has 1 fully saturated rings. The molecule has 0 saturated heterocycles. The zero-order chi connectivity index (χ0) is 5.56. The normalized spacial score (nSPS) is 49.4. The lowest BCUT2D eigenvalue weighted by Crippen LogP contribution is -1.89. The molecule has 44 valence electrons. The molecule has 0 radical (unpaired) electrons. The van der Waals surface area contributed by atoms with Crippen molar-refractivity contribution in [3.8, 4) is 0 Å². The van der Waals surface area contributed by atoms with Crippen LogP contribution in [0.5, 0.6) is 0 Å². The Morgan fingerprint density at radius 3 is 2.88 bits per heavy atom. The van der Waals surface area contributed by atoms with Gasteiger partial charge in [0, 0.05) is 6.61 Å². The topological polar surface area (TPSA) is 20.2 Å². The first-order chi connectivity index (χ1) is 3.93. The van der Waals surface area contributed by atoms with Crippen molar-refractivity contribution in [3.05, 3.63) is 12.2 Å². The van der Waals surface area contributed by atoms with Crippen molar-refractivity contribution in [1.29, 1.82) is 0 Å². The summed E-state index contributed by atoms with van der Waals surface area (Å²) in [6.45, 7) is 0.402. The molecule has 0 heterocycles. The second-order valence-corrected chi connectivity index (χ2v) is 2.75. The second-order valence-electron chi connectivity index (χ2n) is 2.75. The number of hydrogen-bond donors (Lipinski definition) is 1. The molecule has 0 amide bonds. The minimum absolute atomic E-state index is 0.402. The van der Waals surface area contributed by atoms with Crippen LogP contribution in [0.2, 0.25) is 0 Å². The van der Waals surface area contributed by atoms with Crippen molar-refractivity contribution in [1.82, 2.24) is 0 Å². The SMILES string of the molecule is OC[C@@H]1[C@H]2C=CC[C@H]21. The number of allylic oxidation sites excluding steroid dienone is 2. The lowest BCUT2D eigenvalue weighted by molar-refractivity contribution is 0.265. The Bertz CT molecular complexity index is 128. The largest absolute Gasteiger partial charge is 0.396 e. The molecule has 0 unspecified atom stereocenters. The zero-order valence-electron chi connectivity index (χ0n) is 4.75. The Kier molecular flexibility index (Phi) is 0.770. The maximum atomic E-state index is 8.68. The minimum atomic E-state index is 0.402. The second kappa shape index (κ2) is 1.35. The zero-order valence-corrected chi connectivity index (χ0v) is 4.75. The minimum Gasteiger partial charge on any atom is -0.396 e. The van der Waals surface area contributed by atoms with Crippen LogP contribution >= 0.6 is 0 Å². The molecular weight excluding hydrogens is 100 g/mol. The fourth-order valence-electron chi connectivity index (χ4n) is 1.74. The van der Waals surface area contributed by atoms with Crippen molar-refractivity contribution >= 4 is 0 Å². The molecule has 2 rings (SSSR count). The third kappa shape index (κ3) is 0.402. The first kappa shape index (κ1) is 4.57. The molecule has 8 heavy (non-hydrogen) atoms. The summed E-state index contributed by atoms with van der Waals surface area (Å²) in [6, 6.07) is 0. The highest BCUT2D eigenvalue weighted by atomic mass is 16.3. The van der Waals surface area contributed by atoms with E-state index >= 15 is 0 Å². The Balaban J connectivity index is 2.03. The van der Waals surface area contributed by atoms with Crippen molar-refractivity contribution in [2.45, 2.75) is 6.42 Å². The first-order valence-electron chi connectivity index (χ1n) is 3.21. The molecule has 0 aliphatic heterocycles. The van der Waals surface area contributed by atoms with Gasteiger partial charge in [-0.05, 0) is 24.2 Å². The van der Waals surface area contributed by atoms with E-state index in [1.54, 1.807) is 0 Å². The van der Waals surface area contributed by atoms with Gasteiger partial charge >= 0.3 is 0 Å². The number of aliphatic hydroxyl groups is 1. The number of fused-ring (bicyclic) bond motifs is 1. The van der Waals surface area contributed by atoms with Crippen LogP contribution < -0.4 is 0 Å². The molecule has 0 aromatic carbocycles. The fourth-order valence-corrected chi connectivity index (χ4v) is 1.74. The average Bonchev–Trinajstić information content (AvgIpc) is 2.22. The van der Waals surface area contributed by atoms with Crippen molar-refractivity contribution in [2.24, 2.45) is 17.8 Å². The summed E-state index contributed by atoms with van der Waals surface area (Å²) in [7, 11) is 0. The quantitative estimate of drug-likeness (QED) is 0.495. The van der Waals surface area contributed by atoms with Crippen LogP contribution in [0.25, 0.3) is 0 Å². The first-order valence-corrected chi connectivity index (χ1v) is 3.21. The summed E-state index contributed by atoms with van der Waals surface area (Å²) in [4.78, 5) is 0. The Morgan fingerprint density at radius 1 is 1.62 bits per heavy atom. The molecule has 0 aromatic heterocycles. The van der Waals surface area contributed by atoms with Crippen molar-refractivity contribution in [3.63, 3.8) is 0 Å². The van der Waals surface area contributed by atoms with Gasteiger partial charge in [-0.3, -0.25) is 0 Å². The predicted octanol–water partition coefficient (Wildman–Crippen LogP) is 0.801. The molecule has 1 saturated carbocycles. The molecule has 0 bridgehead atoms. The highest BCUT2D eigenvalue weighted by Gasteiger charge is 2.49. The summed E-state index contributed by atoms with van der Waals surface area (Å²) >= 11 is 0. The third-order valence-corrected chi connectivity index (χ3v) is 2.38. The van der Waals surface area contributed by atoms with Gasteiger partial charge in [0.1, 0.15) is 0 Å². The van der Waals surface area contributed by atoms with E-state index in [2.05, 4.69) is 12.2 Å². The highest BCUT2D eigenvalue weighted by molar-refractivity contribution is 5.16. The maximum absolute atomic E-state index is 8.68. The van der Waals surface area contributed by atoms with E-state index < -0.39 is 0 Å². The summed E-state index contributed by atoms with van der Waals surface area (Å²) in [5.41, 5.74) is 0. The molecule has 1 nitrogen and oxygen atoms in total. The summed E-state index contributed by atoms with van der Waals surface area (Å²) < 4.78 is 0. The van der Waals surface area contributed by atoms with E-state index in [-0.39, 0.29) is 0 Å².